The van der Waals surface area contributed by atoms with Crippen LogP contribution in [0.5, 0.6) is 0 Å². The Hall–Kier alpha value is -2.71. The molecule has 0 unspecified atom stereocenters. The van der Waals surface area contributed by atoms with E-state index in [1.807, 2.05) is 19.1 Å². The largest absolute Gasteiger partial charge is 0.370 e. The summed E-state index contributed by atoms with van der Waals surface area (Å²) >= 11 is 7.36. The first-order valence-corrected chi connectivity index (χ1v) is 8.56. The fourth-order valence-corrected chi connectivity index (χ4v) is 3.10. The molecule has 0 bridgehead atoms. The number of halogens is 1. The van der Waals surface area contributed by atoms with Crippen LogP contribution in [-0.2, 0) is 0 Å². The van der Waals surface area contributed by atoms with Crippen LogP contribution in [0.15, 0.2) is 36.8 Å². The number of nitrogens with zero attached hydrogens (tertiary/aromatic N) is 3. The minimum Gasteiger partial charge on any atom is -0.370 e. The lowest BCUT2D eigenvalue weighted by molar-refractivity contribution is 0.103. The average Bonchev–Trinajstić information content (AvgIpc) is 3.07. The lowest BCUT2D eigenvalue weighted by Crippen LogP contribution is -2.11. The molecule has 0 aliphatic carbocycles. The van der Waals surface area contributed by atoms with Crippen molar-refractivity contribution in [1.29, 1.82) is 0 Å². The average molecular weight is 375 g/mol. The molecular formula is C16H15ClN6OS. The van der Waals surface area contributed by atoms with E-state index in [0.29, 0.717) is 32.4 Å². The van der Waals surface area contributed by atoms with Crippen LogP contribution in [0.25, 0.3) is 0 Å². The molecular weight excluding hydrogens is 360 g/mol. The number of hydrogen-bond acceptors (Lipinski definition) is 7. The van der Waals surface area contributed by atoms with Crippen molar-refractivity contribution in [3.63, 3.8) is 0 Å². The molecule has 0 spiro atoms. The van der Waals surface area contributed by atoms with Gasteiger partial charge in [-0.15, -0.1) is 0 Å². The van der Waals surface area contributed by atoms with Gasteiger partial charge in [0.05, 0.1) is 16.9 Å². The third kappa shape index (κ3) is 3.86. The van der Waals surface area contributed by atoms with Gasteiger partial charge in [0.2, 0.25) is 0 Å². The van der Waals surface area contributed by atoms with Gasteiger partial charge >= 0.3 is 0 Å². The third-order valence-corrected chi connectivity index (χ3v) is 4.58. The third-order valence-electron chi connectivity index (χ3n) is 3.35. The van der Waals surface area contributed by atoms with E-state index in [4.69, 9.17) is 11.6 Å². The van der Waals surface area contributed by atoms with E-state index in [9.17, 15) is 4.79 Å². The molecule has 3 rings (SSSR count). The number of para-hydroxylation sites is 1. The topological polar surface area (TPSA) is 91.8 Å². The van der Waals surface area contributed by atoms with Gasteiger partial charge in [-0.25, -0.2) is 15.0 Å². The Balaban J connectivity index is 1.76. The van der Waals surface area contributed by atoms with Crippen molar-refractivity contribution in [2.24, 2.45) is 0 Å². The molecule has 0 saturated heterocycles. The highest BCUT2D eigenvalue weighted by Crippen LogP contribution is 2.28. The minimum atomic E-state index is -0.269. The van der Waals surface area contributed by atoms with E-state index in [2.05, 4.69) is 30.9 Å². The molecule has 0 fully saturated rings. The first-order valence-electron chi connectivity index (χ1n) is 7.36. The van der Waals surface area contributed by atoms with Crippen molar-refractivity contribution >= 4 is 51.3 Å². The quantitative estimate of drug-likeness (QED) is 0.626. The number of nitrogens with one attached hydrogen (secondary N) is 3. The molecule has 25 heavy (non-hydrogen) atoms. The highest BCUT2D eigenvalue weighted by atomic mass is 35.5. The van der Waals surface area contributed by atoms with Gasteiger partial charge < -0.3 is 16.0 Å². The number of aromatic nitrogens is 3. The Morgan fingerprint density at radius 1 is 1.16 bits per heavy atom. The molecule has 2 heterocycles. The molecule has 1 amide bonds. The molecule has 0 aliphatic rings. The van der Waals surface area contributed by atoms with E-state index in [1.165, 1.54) is 17.5 Å². The molecule has 9 heteroatoms. The standard InChI is InChI=1S/C16H15ClN6OS/c1-9-4-3-5-10(17)12(9)22-15(24)11-8-21-16(25-11)23-14-13(18-2)19-6-7-20-14/h3-8H,1-2H3,(H,18,19)(H,22,24)(H,20,21,23). The zero-order valence-electron chi connectivity index (χ0n) is 13.5. The summed E-state index contributed by atoms with van der Waals surface area (Å²) < 4.78 is 0. The zero-order valence-corrected chi connectivity index (χ0v) is 15.1. The first-order chi connectivity index (χ1) is 12.1. The van der Waals surface area contributed by atoms with E-state index in [0.717, 1.165) is 5.56 Å². The van der Waals surface area contributed by atoms with Gasteiger partial charge in [0, 0.05) is 19.4 Å². The molecule has 0 saturated carbocycles. The monoisotopic (exact) mass is 374 g/mol. The lowest BCUT2D eigenvalue weighted by Gasteiger charge is -2.09. The number of hydrogen-bond donors (Lipinski definition) is 3. The van der Waals surface area contributed by atoms with Crippen LogP contribution in [0.4, 0.5) is 22.5 Å². The van der Waals surface area contributed by atoms with Crippen LogP contribution in [0, 0.1) is 6.92 Å². The second-order valence-corrected chi connectivity index (χ2v) is 6.48. The van der Waals surface area contributed by atoms with Gasteiger partial charge in [0.15, 0.2) is 16.8 Å². The predicted octanol–water partition coefficient (Wildman–Crippen LogP) is 3.93. The number of carbonyl (C=O) groups is 1. The molecule has 0 radical (unpaired) electrons. The highest BCUT2D eigenvalue weighted by molar-refractivity contribution is 7.17. The molecule has 0 aliphatic heterocycles. The lowest BCUT2D eigenvalue weighted by atomic mass is 10.2. The Morgan fingerprint density at radius 3 is 2.64 bits per heavy atom. The van der Waals surface area contributed by atoms with Crippen LogP contribution in [0.1, 0.15) is 15.2 Å². The maximum absolute atomic E-state index is 12.4. The predicted molar refractivity (Wildman–Crippen MR) is 101 cm³/mol. The normalized spacial score (nSPS) is 10.4. The van der Waals surface area contributed by atoms with Crippen LogP contribution in [0.2, 0.25) is 5.02 Å². The Kier molecular flexibility index (Phi) is 5.11. The number of anilines is 4. The van der Waals surface area contributed by atoms with Crippen LogP contribution in [-0.4, -0.2) is 27.9 Å². The molecule has 2 aromatic heterocycles. The van der Waals surface area contributed by atoms with Gasteiger partial charge in [0.25, 0.3) is 5.91 Å². The Bertz CT molecular complexity index is 893. The summed E-state index contributed by atoms with van der Waals surface area (Å²) in [5, 5.41) is 9.85. The van der Waals surface area contributed by atoms with E-state index >= 15 is 0 Å². The van der Waals surface area contributed by atoms with E-state index in [1.54, 1.807) is 25.5 Å². The summed E-state index contributed by atoms with van der Waals surface area (Å²) in [6, 6.07) is 5.45. The molecule has 7 nitrogen and oxygen atoms in total. The SMILES string of the molecule is CNc1nccnc1Nc1ncc(C(=O)Nc2c(C)cccc2Cl)s1. The molecule has 128 valence electrons. The van der Waals surface area contributed by atoms with Gasteiger partial charge in [-0.05, 0) is 18.6 Å². The van der Waals surface area contributed by atoms with E-state index < -0.39 is 0 Å². The summed E-state index contributed by atoms with van der Waals surface area (Å²) in [6.45, 7) is 1.88. The molecule has 3 aromatic rings. The van der Waals surface area contributed by atoms with Crippen molar-refractivity contribution in [2.45, 2.75) is 6.92 Å². The number of amides is 1. The summed E-state index contributed by atoms with van der Waals surface area (Å²) in [5.74, 6) is 0.860. The van der Waals surface area contributed by atoms with Crippen molar-refractivity contribution < 1.29 is 4.79 Å². The number of benzene rings is 1. The summed E-state index contributed by atoms with van der Waals surface area (Å²) in [5.41, 5.74) is 1.49. The van der Waals surface area contributed by atoms with Crippen LogP contribution < -0.4 is 16.0 Å². The van der Waals surface area contributed by atoms with Crippen molar-refractivity contribution in [1.82, 2.24) is 15.0 Å². The summed E-state index contributed by atoms with van der Waals surface area (Å²) in [4.78, 5) is 25.5. The summed E-state index contributed by atoms with van der Waals surface area (Å²) in [6.07, 6.45) is 4.66. The van der Waals surface area contributed by atoms with Crippen LogP contribution >= 0.6 is 22.9 Å². The van der Waals surface area contributed by atoms with Gasteiger partial charge in [-0.2, -0.15) is 0 Å². The summed E-state index contributed by atoms with van der Waals surface area (Å²) in [7, 11) is 1.75. The number of rotatable bonds is 5. The highest BCUT2D eigenvalue weighted by Gasteiger charge is 2.14. The number of thiazole rings is 1. The smallest absolute Gasteiger partial charge is 0.267 e. The van der Waals surface area contributed by atoms with Crippen molar-refractivity contribution in [3.05, 3.63) is 52.3 Å². The van der Waals surface area contributed by atoms with Gasteiger partial charge in [0.1, 0.15) is 4.88 Å². The number of carbonyl (C=O) groups excluding carboxylic acids is 1. The molecule has 0 atom stereocenters. The van der Waals surface area contributed by atoms with Crippen molar-refractivity contribution in [3.8, 4) is 0 Å². The van der Waals surface area contributed by atoms with Gasteiger partial charge in [-0.3, -0.25) is 4.79 Å². The maximum atomic E-state index is 12.4. The Labute approximate surface area is 153 Å². The number of aryl methyl sites for hydroxylation is 1. The second kappa shape index (κ2) is 7.45. The fourth-order valence-electron chi connectivity index (χ4n) is 2.12. The maximum Gasteiger partial charge on any atom is 0.267 e. The molecule has 3 N–H and O–H groups in total. The van der Waals surface area contributed by atoms with Crippen molar-refractivity contribution in [2.75, 3.05) is 23.0 Å². The zero-order chi connectivity index (χ0) is 17.8. The minimum absolute atomic E-state index is 0.269. The van der Waals surface area contributed by atoms with Gasteiger partial charge in [-0.1, -0.05) is 35.1 Å². The van der Waals surface area contributed by atoms with Crippen LogP contribution in [0.3, 0.4) is 0 Å². The fraction of sp³-hybridized carbons (Fsp3) is 0.125. The first kappa shape index (κ1) is 17.1. The second-order valence-electron chi connectivity index (χ2n) is 5.04. The molecule has 1 aromatic carbocycles. The Morgan fingerprint density at radius 2 is 1.92 bits per heavy atom. The van der Waals surface area contributed by atoms with E-state index in [-0.39, 0.29) is 5.91 Å².